The van der Waals surface area contributed by atoms with Gasteiger partial charge in [-0.15, -0.1) is 0 Å². The van der Waals surface area contributed by atoms with Crippen LogP contribution in [0, 0.1) is 0 Å². The Morgan fingerprint density at radius 3 is 2.52 bits per heavy atom. The van der Waals surface area contributed by atoms with Gasteiger partial charge in [0, 0.05) is 61.4 Å². The highest BCUT2D eigenvalue weighted by Crippen LogP contribution is 2.19. The molecule has 3 amide bonds. The number of pyridine rings is 1. The first kappa shape index (κ1) is 29.0. The normalized spacial score (nSPS) is 14.5. The van der Waals surface area contributed by atoms with Crippen LogP contribution in [0.5, 0.6) is 5.88 Å². The molecule has 0 radical (unpaired) electrons. The van der Waals surface area contributed by atoms with Gasteiger partial charge in [0.05, 0.1) is 6.54 Å². The Morgan fingerprint density at radius 1 is 1.05 bits per heavy atom. The molecule has 1 aliphatic rings. The Hall–Kier alpha value is -4.02. The highest BCUT2D eigenvalue weighted by molar-refractivity contribution is 6.30. The van der Waals surface area contributed by atoms with Gasteiger partial charge in [-0.2, -0.15) is 0 Å². The third kappa shape index (κ3) is 9.03. The maximum absolute atomic E-state index is 13.1. The molecule has 12 heteroatoms. The van der Waals surface area contributed by atoms with Gasteiger partial charge >= 0.3 is 0 Å². The van der Waals surface area contributed by atoms with E-state index in [1.165, 1.54) is 12.4 Å². The number of nitrogens with zero attached hydrogens (tertiary/aromatic N) is 4. The number of likely N-dealkylation sites (tertiary alicyclic amines) is 1. The van der Waals surface area contributed by atoms with E-state index in [2.05, 4.69) is 25.6 Å². The lowest BCUT2D eigenvalue weighted by Gasteiger charge is -2.32. The van der Waals surface area contributed by atoms with Gasteiger partial charge in [0.15, 0.2) is 0 Å². The molecule has 3 aromatic rings. The van der Waals surface area contributed by atoms with Gasteiger partial charge in [-0.3, -0.25) is 19.4 Å². The van der Waals surface area contributed by atoms with Gasteiger partial charge < -0.3 is 20.3 Å². The molecule has 208 valence electrons. The number of nitrogens with one attached hydrogen (secondary N) is 2. The number of piperidine rings is 1. The Labute approximate surface area is 241 Å². The van der Waals surface area contributed by atoms with Crippen LogP contribution >= 0.6 is 23.2 Å². The van der Waals surface area contributed by atoms with Crippen molar-refractivity contribution in [1.29, 1.82) is 0 Å². The third-order valence-electron chi connectivity index (χ3n) is 6.17. The maximum atomic E-state index is 13.1. The zero-order valence-corrected chi connectivity index (χ0v) is 23.0. The van der Waals surface area contributed by atoms with E-state index in [0.29, 0.717) is 47.7 Å². The molecular formula is C28H28Cl2N6O4. The van der Waals surface area contributed by atoms with Crippen LogP contribution < -0.4 is 15.4 Å². The fraction of sp³-hybridized carbons (Fsp3) is 0.286. The SMILES string of the molecule is O=C(C=Cc1ccc(Cl)cc1)N[C@@H](Cc1ccccn1)C(=O)NCC(=O)N1CCC(Oc2cc(Cl)ncn2)CC1. The quantitative estimate of drug-likeness (QED) is 0.278. The lowest BCUT2D eigenvalue weighted by Crippen LogP contribution is -2.51. The van der Waals surface area contributed by atoms with E-state index < -0.39 is 17.9 Å². The summed E-state index contributed by atoms with van der Waals surface area (Å²) in [5.74, 6) is -0.765. The third-order valence-corrected chi connectivity index (χ3v) is 6.63. The smallest absolute Gasteiger partial charge is 0.244 e. The molecule has 0 unspecified atom stereocenters. The molecule has 10 nitrogen and oxygen atoms in total. The van der Waals surface area contributed by atoms with Gasteiger partial charge in [0.25, 0.3) is 0 Å². The zero-order valence-electron chi connectivity index (χ0n) is 21.5. The lowest BCUT2D eigenvalue weighted by molar-refractivity contribution is -0.135. The van der Waals surface area contributed by atoms with E-state index in [9.17, 15) is 14.4 Å². The van der Waals surface area contributed by atoms with E-state index in [1.807, 2.05) is 0 Å². The Kier molecular flexibility index (Phi) is 10.4. The van der Waals surface area contributed by atoms with Crippen molar-refractivity contribution in [1.82, 2.24) is 30.5 Å². The number of carbonyl (C=O) groups is 3. The molecule has 1 aromatic carbocycles. The summed E-state index contributed by atoms with van der Waals surface area (Å²) in [5.41, 5.74) is 1.41. The van der Waals surface area contributed by atoms with Crippen molar-refractivity contribution in [2.24, 2.45) is 0 Å². The number of rotatable bonds is 10. The summed E-state index contributed by atoms with van der Waals surface area (Å²) in [6.45, 7) is 0.755. The molecule has 40 heavy (non-hydrogen) atoms. The minimum absolute atomic E-state index is 0.108. The van der Waals surface area contributed by atoms with E-state index in [4.69, 9.17) is 27.9 Å². The minimum Gasteiger partial charge on any atom is -0.474 e. The Morgan fingerprint density at radius 2 is 1.82 bits per heavy atom. The van der Waals surface area contributed by atoms with Crippen LogP contribution in [0.1, 0.15) is 24.1 Å². The second kappa shape index (κ2) is 14.4. The molecule has 0 spiro atoms. The number of halogens is 2. The van der Waals surface area contributed by atoms with Crippen molar-refractivity contribution in [2.75, 3.05) is 19.6 Å². The lowest BCUT2D eigenvalue weighted by atomic mass is 10.1. The summed E-state index contributed by atoms with van der Waals surface area (Å²) in [5, 5.41) is 6.27. The first-order chi connectivity index (χ1) is 19.4. The van der Waals surface area contributed by atoms with Crippen LogP contribution in [0.2, 0.25) is 10.2 Å². The number of benzene rings is 1. The summed E-state index contributed by atoms with van der Waals surface area (Å²) < 4.78 is 5.84. The molecule has 2 aromatic heterocycles. The van der Waals surface area contributed by atoms with Gasteiger partial charge in [-0.25, -0.2) is 9.97 Å². The Bertz CT molecular complexity index is 1330. The molecule has 1 atom stereocenters. The average molecular weight is 583 g/mol. The molecule has 2 N–H and O–H groups in total. The van der Waals surface area contributed by atoms with Gasteiger partial charge in [0.1, 0.15) is 23.6 Å². The average Bonchev–Trinajstić information content (AvgIpc) is 2.96. The van der Waals surface area contributed by atoms with Crippen molar-refractivity contribution >= 4 is 47.0 Å². The number of ether oxygens (including phenoxy) is 1. The summed E-state index contributed by atoms with van der Waals surface area (Å²) >= 11 is 11.8. The largest absolute Gasteiger partial charge is 0.474 e. The van der Waals surface area contributed by atoms with Gasteiger partial charge in [0.2, 0.25) is 23.6 Å². The summed E-state index contributed by atoms with van der Waals surface area (Å²) in [6, 6.07) is 12.9. The standard InChI is InChI=1S/C28H28Cl2N6O4/c29-20-7-4-19(5-8-20)6-9-25(37)35-23(15-21-3-1-2-12-31-21)28(39)32-17-27(38)36-13-10-22(11-14-36)40-26-16-24(30)33-18-34-26/h1-9,12,16,18,22-23H,10-11,13-15,17H2,(H,32,39)(H,35,37)/t23-/m0/s1. The van der Waals surface area contributed by atoms with Crippen LogP contribution in [-0.2, 0) is 20.8 Å². The fourth-order valence-corrected chi connectivity index (χ4v) is 4.34. The zero-order chi connectivity index (χ0) is 28.3. The molecule has 0 aliphatic carbocycles. The van der Waals surface area contributed by atoms with Crippen LogP contribution in [-0.4, -0.2) is 69.4 Å². The van der Waals surface area contributed by atoms with Crippen molar-refractivity contribution in [3.05, 3.63) is 88.6 Å². The minimum atomic E-state index is -0.927. The second-order valence-electron chi connectivity index (χ2n) is 9.07. The number of carbonyl (C=O) groups excluding carboxylic acids is 3. The number of hydrogen-bond acceptors (Lipinski definition) is 7. The first-order valence-electron chi connectivity index (χ1n) is 12.7. The number of aromatic nitrogens is 3. The van der Waals surface area contributed by atoms with E-state index in [0.717, 1.165) is 5.56 Å². The second-order valence-corrected chi connectivity index (χ2v) is 9.89. The molecule has 1 aliphatic heterocycles. The number of hydrogen-bond donors (Lipinski definition) is 2. The maximum Gasteiger partial charge on any atom is 0.244 e. The van der Waals surface area contributed by atoms with Crippen LogP contribution in [0.15, 0.2) is 67.1 Å². The molecular weight excluding hydrogens is 555 g/mol. The highest BCUT2D eigenvalue weighted by Gasteiger charge is 2.26. The van der Waals surface area contributed by atoms with Crippen molar-refractivity contribution in [3.63, 3.8) is 0 Å². The molecule has 3 heterocycles. The predicted molar refractivity (Wildman–Crippen MR) is 151 cm³/mol. The summed E-state index contributed by atoms with van der Waals surface area (Å²) in [7, 11) is 0. The van der Waals surface area contributed by atoms with E-state index in [-0.39, 0.29) is 25.0 Å². The Balaban J connectivity index is 1.29. The van der Waals surface area contributed by atoms with E-state index >= 15 is 0 Å². The van der Waals surface area contributed by atoms with E-state index in [1.54, 1.807) is 65.7 Å². The van der Waals surface area contributed by atoms with Crippen molar-refractivity contribution in [2.45, 2.75) is 31.4 Å². The topological polar surface area (TPSA) is 126 Å². The van der Waals surface area contributed by atoms with Crippen LogP contribution in [0.25, 0.3) is 6.08 Å². The molecule has 0 bridgehead atoms. The summed E-state index contributed by atoms with van der Waals surface area (Å²) in [6.07, 6.45) is 7.19. The number of amides is 3. The van der Waals surface area contributed by atoms with Crippen LogP contribution in [0.3, 0.4) is 0 Å². The summed E-state index contributed by atoms with van der Waals surface area (Å²) in [4.78, 5) is 52.3. The molecule has 1 fully saturated rings. The molecule has 1 saturated heterocycles. The highest BCUT2D eigenvalue weighted by atomic mass is 35.5. The molecule has 4 rings (SSSR count). The monoisotopic (exact) mass is 582 g/mol. The van der Waals surface area contributed by atoms with Crippen molar-refractivity contribution < 1.29 is 19.1 Å². The fourth-order valence-electron chi connectivity index (χ4n) is 4.08. The van der Waals surface area contributed by atoms with Gasteiger partial charge in [-0.1, -0.05) is 41.4 Å². The van der Waals surface area contributed by atoms with Gasteiger partial charge in [-0.05, 0) is 35.9 Å². The predicted octanol–water partition coefficient (Wildman–Crippen LogP) is 3.11. The van der Waals surface area contributed by atoms with Crippen LogP contribution in [0.4, 0.5) is 0 Å². The first-order valence-corrected chi connectivity index (χ1v) is 13.4. The molecule has 0 saturated carbocycles. The van der Waals surface area contributed by atoms with Crippen molar-refractivity contribution in [3.8, 4) is 5.88 Å².